The lowest BCUT2D eigenvalue weighted by molar-refractivity contribution is 0.223. The molecule has 0 radical (unpaired) electrons. The molecule has 0 saturated carbocycles. The first kappa shape index (κ1) is 27.0. The molecular formula is C32H33N3O5. The molecule has 5 rings (SSSR count). The van der Waals surface area contributed by atoms with Crippen molar-refractivity contribution in [3.63, 3.8) is 0 Å². The molecule has 8 heteroatoms. The highest BCUT2D eigenvalue weighted by Crippen LogP contribution is 2.51. The zero-order valence-electron chi connectivity index (χ0n) is 23.1. The molecule has 0 spiro atoms. The van der Waals surface area contributed by atoms with E-state index in [0.717, 1.165) is 46.3 Å². The van der Waals surface area contributed by atoms with Crippen LogP contribution in [-0.2, 0) is 13.0 Å². The molecule has 4 aromatic rings. The molecule has 1 unspecified atom stereocenters. The average molecular weight is 540 g/mol. The third-order valence-electron chi connectivity index (χ3n) is 7.41. The number of aromatic hydroxyl groups is 1. The topological polar surface area (TPSA) is 93.2 Å². The quantitative estimate of drug-likeness (QED) is 0.295. The van der Waals surface area contributed by atoms with E-state index < -0.39 is 0 Å². The number of nitrogens with zero attached hydrogens (tertiary/aromatic N) is 2. The number of methoxy groups -OCH3 is 3. The molecule has 1 aliphatic carbocycles. The first-order chi connectivity index (χ1) is 19.4. The van der Waals surface area contributed by atoms with Crippen LogP contribution in [0.3, 0.4) is 0 Å². The number of ether oxygens (including phenoxy) is 3. The Bertz CT molecular complexity index is 1580. The van der Waals surface area contributed by atoms with Crippen LogP contribution in [-0.4, -0.2) is 43.4 Å². The summed E-state index contributed by atoms with van der Waals surface area (Å²) in [5, 5.41) is 13.7. The van der Waals surface area contributed by atoms with Crippen LogP contribution in [0.5, 0.6) is 23.0 Å². The van der Waals surface area contributed by atoms with Gasteiger partial charge in [0.05, 0.1) is 27.0 Å². The summed E-state index contributed by atoms with van der Waals surface area (Å²) >= 11 is 0. The van der Waals surface area contributed by atoms with Crippen molar-refractivity contribution in [1.82, 2.24) is 9.88 Å². The van der Waals surface area contributed by atoms with E-state index in [0.29, 0.717) is 29.5 Å². The van der Waals surface area contributed by atoms with Crippen molar-refractivity contribution in [1.29, 1.82) is 0 Å². The largest absolute Gasteiger partial charge is 0.508 e. The van der Waals surface area contributed by atoms with Gasteiger partial charge in [0.15, 0.2) is 11.5 Å². The number of para-hydroxylation sites is 1. The Labute approximate surface area is 233 Å². The third-order valence-corrected chi connectivity index (χ3v) is 7.41. The van der Waals surface area contributed by atoms with Crippen molar-refractivity contribution < 1.29 is 19.3 Å². The molecule has 1 aliphatic rings. The summed E-state index contributed by atoms with van der Waals surface area (Å²) in [6.07, 6.45) is 4.81. The minimum atomic E-state index is -0.137. The summed E-state index contributed by atoms with van der Waals surface area (Å²) in [5.74, 6) is 1.89. The second-order valence-electron chi connectivity index (χ2n) is 9.76. The van der Waals surface area contributed by atoms with Crippen molar-refractivity contribution in [2.75, 3.05) is 33.7 Å². The molecule has 40 heavy (non-hydrogen) atoms. The van der Waals surface area contributed by atoms with Crippen molar-refractivity contribution in [2.45, 2.75) is 25.4 Å². The van der Waals surface area contributed by atoms with Gasteiger partial charge in [-0.15, -0.1) is 0 Å². The maximum atomic E-state index is 13.7. The molecule has 8 nitrogen and oxygen atoms in total. The van der Waals surface area contributed by atoms with Gasteiger partial charge in [0.1, 0.15) is 5.75 Å². The molecule has 1 aromatic heterocycles. The average Bonchev–Trinajstić information content (AvgIpc) is 3.22. The predicted molar refractivity (Wildman–Crippen MR) is 156 cm³/mol. The van der Waals surface area contributed by atoms with Crippen LogP contribution in [0.15, 0.2) is 77.9 Å². The van der Waals surface area contributed by atoms with Gasteiger partial charge in [-0.1, -0.05) is 24.3 Å². The fourth-order valence-electron chi connectivity index (χ4n) is 5.47. The van der Waals surface area contributed by atoms with E-state index in [4.69, 9.17) is 14.2 Å². The fourth-order valence-corrected chi connectivity index (χ4v) is 5.47. The Morgan fingerprint density at radius 2 is 1.73 bits per heavy atom. The Balaban J connectivity index is 1.71. The van der Waals surface area contributed by atoms with Crippen LogP contribution < -0.4 is 25.0 Å². The lowest BCUT2D eigenvalue weighted by Crippen LogP contribution is -2.25. The first-order valence-electron chi connectivity index (χ1n) is 13.1. The molecule has 1 heterocycles. The number of anilines is 2. The van der Waals surface area contributed by atoms with Crippen LogP contribution in [0.25, 0.3) is 11.1 Å². The van der Waals surface area contributed by atoms with E-state index in [9.17, 15) is 9.90 Å². The Morgan fingerprint density at radius 3 is 2.42 bits per heavy atom. The second-order valence-corrected chi connectivity index (χ2v) is 9.76. The third kappa shape index (κ3) is 5.18. The number of nitrogens with one attached hydrogen (secondary N) is 1. The van der Waals surface area contributed by atoms with Gasteiger partial charge in [-0.25, -0.2) is 0 Å². The number of fused-ring (bicyclic) bond motifs is 3. The highest BCUT2D eigenvalue weighted by molar-refractivity contribution is 5.83. The van der Waals surface area contributed by atoms with E-state index in [-0.39, 0.29) is 17.2 Å². The van der Waals surface area contributed by atoms with Gasteiger partial charge in [0.2, 0.25) is 11.2 Å². The fraction of sp³-hybridized carbons (Fsp3) is 0.250. The summed E-state index contributed by atoms with van der Waals surface area (Å²) in [6, 6.07) is 18.3. The molecule has 0 aliphatic heterocycles. The Morgan fingerprint density at radius 1 is 0.975 bits per heavy atom. The number of hydrogen-bond acceptors (Lipinski definition) is 8. The summed E-state index contributed by atoms with van der Waals surface area (Å²) in [4.78, 5) is 19.9. The molecule has 3 aromatic carbocycles. The highest BCUT2D eigenvalue weighted by Gasteiger charge is 2.31. The zero-order valence-corrected chi connectivity index (χ0v) is 23.1. The van der Waals surface area contributed by atoms with Crippen LogP contribution >= 0.6 is 0 Å². The van der Waals surface area contributed by atoms with Gasteiger partial charge in [0.25, 0.3) is 0 Å². The summed E-state index contributed by atoms with van der Waals surface area (Å²) in [5.41, 5.74) is 5.55. The number of pyridine rings is 1. The first-order valence-corrected chi connectivity index (χ1v) is 13.1. The van der Waals surface area contributed by atoms with Gasteiger partial charge < -0.3 is 24.6 Å². The highest BCUT2D eigenvalue weighted by atomic mass is 16.5. The van der Waals surface area contributed by atoms with E-state index in [2.05, 4.69) is 15.2 Å². The maximum Gasteiger partial charge on any atom is 0.203 e. The van der Waals surface area contributed by atoms with E-state index in [1.54, 1.807) is 45.9 Å². The normalized spacial score (nSPS) is 14.1. The van der Waals surface area contributed by atoms with E-state index in [1.807, 2.05) is 55.6 Å². The minimum Gasteiger partial charge on any atom is -0.508 e. The summed E-state index contributed by atoms with van der Waals surface area (Å²) in [6.45, 7) is 0.506. The number of rotatable bonds is 8. The van der Waals surface area contributed by atoms with E-state index >= 15 is 0 Å². The van der Waals surface area contributed by atoms with Crippen molar-refractivity contribution in [3.05, 3.63) is 100.0 Å². The summed E-state index contributed by atoms with van der Waals surface area (Å²) in [7, 11) is 6.83. The number of hydrogen-bond donors (Lipinski definition) is 2. The molecule has 0 bridgehead atoms. The predicted octanol–water partition coefficient (Wildman–Crippen LogP) is 5.70. The van der Waals surface area contributed by atoms with Crippen LogP contribution in [0.4, 0.5) is 11.4 Å². The van der Waals surface area contributed by atoms with Crippen LogP contribution in [0.2, 0.25) is 0 Å². The van der Waals surface area contributed by atoms with Gasteiger partial charge in [-0.2, -0.15) is 0 Å². The van der Waals surface area contributed by atoms with Crippen molar-refractivity contribution in [3.8, 4) is 34.1 Å². The molecule has 206 valence electrons. The Kier molecular flexibility index (Phi) is 7.89. The molecular weight excluding hydrogens is 506 g/mol. The Hall–Kier alpha value is -4.56. The molecule has 0 amide bonds. The number of aromatic nitrogens is 1. The standard InChI is InChI=1S/C32H33N3O5/c1-35(19-21-7-5-6-8-27(21)36)26-12-9-20-17-29(38-2)31(39-3)32(40-4)30(20)23-10-11-25(28(37)18-24(23)26)34-22-13-15-33-16-14-22/h5-8,10-11,13-18,26,36H,9,12,19H2,1-4H3,(H,33,34,37). The SMILES string of the molecule is COc1cc2c(c(OC)c1OC)-c1ccc(Nc3ccncc3)c(=O)cc1C(N(C)Cc1ccccc1O)CC2. The van der Waals surface area contributed by atoms with Gasteiger partial charge in [0, 0.05) is 41.8 Å². The van der Waals surface area contributed by atoms with Crippen molar-refractivity contribution in [2.24, 2.45) is 0 Å². The number of phenols is 1. The molecule has 0 saturated heterocycles. The number of aryl methyl sites for hydroxylation is 1. The van der Waals surface area contributed by atoms with Crippen molar-refractivity contribution >= 4 is 11.4 Å². The lowest BCUT2D eigenvalue weighted by atomic mass is 9.95. The summed E-state index contributed by atoms with van der Waals surface area (Å²) < 4.78 is 17.3. The number of benzene rings is 2. The maximum absolute atomic E-state index is 13.7. The van der Waals surface area contributed by atoms with Gasteiger partial charge >= 0.3 is 0 Å². The monoisotopic (exact) mass is 539 g/mol. The zero-order chi connectivity index (χ0) is 28.2. The molecule has 1 atom stereocenters. The minimum absolute atomic E-state index is 0.127. The van der Waals surface area contributed by atoms with E-state index in [1.165, 1.54) is 0 Å². The second kappa shape index (κ2) is 11.7. The van der Waals surface area contributed by atoms with Gasteiger partial charge in [-0.3, -0.25) is 14.7 Å². The van der Waals surface area contributed by atoms with Crippen LogP contribution in [0, 0.1) is 0 Å². The van der Waals surface area contributed by atoms with Crippen LogP contribution in [0.1, 0.15) is 29.2 Å². The smallest absolute Gasteiger partial charge is 0.203 e. The molecule has 0 fully saturated rings. The van der Waals surface area contributed by atoms with Gasteiger partial charge in [-0.05, 0) is 73.0 Å². The number of phenolic OH excluding ortho intramolecular Hbond substituents is 1. The lowest BCUT2D eigenvalue weighted by Gasteiger charge is -2.28. The molecule has 2 N–H and O–H groups in total.